The third kappa shape index (κ3) is 5.12. The molecule has 1 aromatic heterocycles. The lowest BCUT2D eigenvalue weighted by atomic mass is 10.1. The number of thiocarbonyl (C=S) groups is 1. The van der Waals surface area contributed by atoms with Crippen molar-refractivity contribution in [2.45, 2.75) is 26.7 Å². The maximum Gasteiger partial charge on any atom is 0.239 e. The van der Waals surface area contributed by atoms with Gasteiger partial charge in [0.1, 0.15) is 5.69 Å². The van der Waals surface area contributed by atoms with Gasteiger partial charge in [-0.05, 0) is 37.7 Å². The Balaban J connectivity index is 2.07. The monoisotopic (exact) mass is 362 g/mol. The van der Waals surface area contributed by atoms with Gasteiger partial charge in [0.15, 0.2) is 5.11 Å². The zero-order chi connectivity index (χ0) is 18.2. The number of aromatic nitrogens is 1. The largest absolute Gasteiger partial charge is 0.372 e. The van der Waals surface area contributed by atoms with Crippen LogP contribution in [0.5, 0.6) is 0 Å². The second kappa shape index (κ2) is 9.31. The molecule has 8 heteroatoms. The van der Waals surface area contributed by atoms with E-state index in [4.69, 9.17) is 12.2 Å². The van der Waals surface area contributed by atoms with Crippen molar-refractivity contribution in [1.82, 2.24) is 20.6 Å². The topological polar surface area (TPSA) is 72.9 Å². The molecule has 0 unspecified atom stereocenters. The number of pyridine rings is 1. The van der Waals surface area contributed by atoms with Crippen LogP contribution in [-0.4, -0.2) is 59.8 Å². The molecule has 2 heterocycles. The highest BCUT2D eigenvalue weighted by atomic mass is 32.1. The summed E-state index contributed by atoms with van der Waals surface area (Å²) in [5.41, 5.74) is 5.76. The van der Waals surface area contributed by atoms with Gasteiger partial charge in [-0.25, -0.2) is 0 Å². The fraction of sp³-hybridized carbons (Fsp3) is 0.529. The van der Waals surface area contributed by atoms with E-state index >= 15 is 0 Å². The summed E-state index contributed by atoms with van der Waals surface area (Å²) in [4.78, 5) is 20.3. The fourth-order valence-corrected chi connectivity index (χ4v) is 2.88. The number of hydrazone groups is 1. The Kier molecular flexibility index (Phi) is 7.12. The zero-order valence-corrected chi connectivity index (χ0v) is 15.9. The number of nitrogens with zero attached hydrogens (tertiary/aromatic N) is 4. The van der Waals surface area contributed by atoms with Crippen LogP contribution in [0.3, 0.4) is 0 Å². The van der Waals surface area contributed by atoms with Gasteiger partial charge in [-0.2, -0.15) is 5.10 Å². The molecule has 25 heavy (non-hydrogen) atoms. The van der Waals surface area contributed by atoms with Crippen LogP contribution in [0.2, 0.25) is 0 Å². The molecule has 0 saturated carbocycles. The highest BCUT2D eigenvalue weighted by molar-refractivity contribution is 7.80. The van der Waals surface area contributed by atoms with E-state index < -0.39 is 0 Å². The lowest BCUT2D eigenvalue weighted by Gasteiger charge is -2.28. The van der Waals surface area contributed by atoms with Crippen molar-refractivity contribution >= 4 is 34.6 Å². The van der Waals surface area contributed by atoms with Crippen molar-refractivity contribution in [1.29, 1.82) is 0 Å². The molecule has 0 saturated heterocycles. The van der Waals surface area contributed by atoms with Gasteiger partial charge in [0.25, 0.3) is 0 Å². The minimum Gasteiger partial charge on any atom is -0.372 e. The van der Waals surface area contributed by atoms with E-state index in [0.717, 1.165) is 36.5 Å². The second-order valence-corrected chi connectivity index (χ2v) is 6.28. The number of nitrogens with one attached hydrogen (secondary N) is 2. The zero-order valence-electron chi connectivity index (χ0n) is 15.1. The average Bonchev–Trinajstić information content (AvgIpc) is 2.61. The van der Waals surface area contributed by atoms with Crippen LogP contribution < -0.4 is 15.6 Å². The van der Waals surface area contributed by atoms with E-state index in [1.807, 2.05) is 31.0 Å². The number of amides is 1. The van der Waals surface area contributed by atoms with Gasteiger partial charge in [0.05, 0.1) is 17.9 Å². The van der Waals surface area contributed by atoms with Crippen LogP contribution in [0.15, 0.2) is 23.4 Å². The van der Waals surface area contributed by atoms with Crippen LogP contribution in [-0.2, 0) is 4.79 Å². The van der Waals surface area contributed by atoms with Crippen LogP contribution >= 0.6 is 12.2 Å². The Labute approximate surface area is 154 Å². The van der Waals surface area contributed by atoms with Crippen molar-refractivity contribution in [3.8, 4) is 0 Å². The molecule has 1 aliphatic rings. The number of carbonyl (C=O) groups is 1. The van der Waals surface area contributed by atoms with E-state index in [-0.39, 0.29) is 12.5 Å². The summed E-state index contributed by atoms with van der Waals surface area (Å²) in [6.07, 6.45) is 3.46. The first-order valence-corrected chi connectivity index (χ1v) is 9.02. The number of rotatable bonds is 6. The number of carbonyl (C=O) groups excluding carboxylic acids is 1. The summed E-state index contributed by atoms with van der Waals surface area (Å²) in [6.45, 7) is 6.37. The molecule has 136 valence electrons. The summed E-state index contributed by atoms with van der Waals surface area (Å²) in [7, 11) is 2.05. The first kappa shape index (κ1) is 19.1. The summed E-state index contributed by atoms with van der Waals surface area (Å²) in [5, 5.41) is 7.73. The van der Waals surface area contributed by atoms with Gasteiger partial charge in [-0.3, -0.25) is 15.2 Å². The molecule has 0 bridgehead atoms. The Bertz CT molecular complexity index is 648. The Morgan fingerprint density at radius 1 is 1.48 bits per heavy atom. The van der Waals surface area contributed by atoms with Crippen molar-refractivity contribution in [2.24, 2.45) is 5.10 Å². The molecule has 0 fully saturated rings. The van der Waals surface area contributed by atoms with Crippen LogP contribution in [0.1, 0.15) is 32.4 Å². The van der Waals surface area contributed by atoms with Crippen molar-refractivity contribution in [3.05, 3.63) is 24.0 Å². The minimum absolute atomic E-state index is 0.0425. The molecule has 0 atom stereocenters. The summed E-state index contributed by atoms with van der Waals surface area (Å²) < 4.78 is 0. The third-order valence-corrected chi connectivity index (χ3v) is 4.28. The number of anilines is 1. The predicted molar refractivity (Wildman–Crippen MR) is 105 cm³/mol. The molecule has 0 radical (unpaired) electrons. The summed E-state index contributed by atoms with van der Waals surface area (Å²) in [5.74, 6) is -0.0425. The first-order valence-electron chi connectivity index (χ1n) is 8.61. The quantitative estimate of drug-likeness (QED) is 0.588. The molecule has 2 rings (SSSR count). The highest BCUT2D eigenvalue weighted by Crippen LogP contribution is 2.23. The molecule has 1 amide bonds. The lowest BCUT2D eigenvalue weighted by molar-refractivity contribution is -0.121. The molecular weight excluding hydrogens is 336 g/mol. The standard InChI is InChI=1S/C17H26N6OS/c1-4-10-23(12-15(24)18-5-2)17(25)21-20-13-8-11-22(3)14-7-6-9-19-16(13)14/h6-7,9H,4-5,8,10-12H2,1-3H3,(H,18,24)(H,21,25)/b20-13-. The molecule has 2 N–H and O–H groups in total. The smallest absolute Gasteiger partial charge is 0.239 e. The van der Waals surface area contributed by atoms with Gasteiger partial charge in [0.2, 0.25) is 5.91 Å². The number of hydrogen-bond acceptors (Lipinski definition) is 5. The van der Waals surface area contributed by atoms with E-state index in [0.29, 0.717) is 18.2 Å². The third-order valence-electron chi connectivity index (χ3n) is 3.93. The number of likely N-dealkylation sites (N-methyl/N-ethyl adjacent to an activating group) is 1. The second-order valence-electron chi connectivity index (χ2n) is 5.89. The van der Waals surface area contributed by atoms with Crippen LogP contribution in [0.4, 0.5) is 5.69 Å². The first-order chi connectivity index (χ1) is 12.1. The van der Waals surface area contributed by atoms with Gasteiger partial charge < -0.3 is 15.1 Å². The van der Waals surface area contributed by atoms with Crippen LogP contribution in [0.25, 0.3) is 0 Å². The van der Waals surface area contributed by atoms with Crippen LogP contribution in [0, 0.1) is 0 Å². The van der Waals surface area contributed by atoms with Crippen molar-refractivity contribution in [3.63, 3.8) is 0 Å². The van der Waals surface area contributed by atoms with Gasteiger partial charge >= 0.3 is 0 Å². The Morgan fingerprint density at radius 3 is 3.00 bits per heavy atom. The summed E-state index contributed by atoms with van der Waals surface area (Å²) >= 11 is 5.43. The molecule has 1 aliphatic heterocycles. The predicted octanol–water partition coefficient (Wildman–Crippen LogP) is 1.35. The summed E-state index contributed by atoms with van der Waals surface area (Å²) in [6, 6.07) is 3.96. The van der Waals surface area contributed by atoms with E-state index in [1.165, 1.54) is 0 Å². The molecule has 0 aliphatic carbocycles. The van der Waals surface area contributed by atoms with Gasteiger partial charge in [-0.1, -0.05) is 6.92 Å². The van der Waals surface area contributed by atoms with E-state index in [9.17, 15) is 4.79 Å². The lowest BCUT2D eigenvalue weighted by Crippen LogP contribution is -2.44. The highest BCUT2D eigenvalue weighted by Gasteiger charge is 2.20. The maximum atomic E-state index is 11.8. The molecule has 7 nitrogen and oxygen atoms in total. The number of fused-ring (bicyclic) bond motifs is 1. The van der Waals surface area contributed by atoms with Crippen molar-refractivity contribution in [2.75, 3.05) is 38.1 Å². The van der Waals surface area contributed by atoms with E-state index in [1.54, 1.807) is 6.20 Å². The molecule has 0 spiro atoms. The average molecular weight is 363 g/mol. The molecule has 0 aromatic carbocycles. The Morgan fingerprint density at radius 2 is 2.28 bits per heavy atom. The molecular formula is C17H26N6OS. The van der Waals surface area contributed by atoms with Crippen molar-refractivity contribution < 1.29 is 4.79 Å². The molecule has 1 aromatic rings. The normalized spacial score (nSPS) is 14.8. The Hall–Kier alpha value is -2.22. The fourth-order valence-electron chi connectivity index (χ4n) is 2.68. The maximum absolute atomic E-state index is 11.8. The van der Waals surface area contributed by atoms with Gasteiger partial charge in [0, 0.05) is 39.3 Å². The van der Waals surface area contributed by atoms with E-state index in [2.05, 4.69) is 32.7 Å². The number of hydrogen-bond donors (Lipinski definition) is 2. The van der Waals surface area contributed by atoms with Gasteiger partial charge in [-0.15, -0.1) is 0 Å². The minimum atomic E-state index is -0.0425. The SMILES string of the molecule is CCCN(CC(=O)NCC)C(=S)N/N=C1/CCN(C)c2cccnc21.